The summed E-state index contributed by atoms with van der Waals surface area (Å²) in [6.07, 6.45) is 1.92. The molecule has 0 spiro atoms. The normalized spacial score (nSPS) is 10.8. The third-order valence-corrected chi connectivity index (χ3v) is 3.35. The molecule has 0 aliphatic carbocycles. The van der Waals surface area contributed by atoms with E-state index in [1.54, 1.807) is 0 Å². The molecule has 2 aromatic rings. The molecule has 0 saturated heterocycles. The molecular weight excluding hydrogens is 236 g/mol. The monoisotopic (exact) mass is 252 g/mol. The number of hydrogen-bond acceptors (Lipinski definition) is 6. The van der Waals surface area contributed by atoms with E-state index in [1.165, 1.54) is 17.0 Å². The number of nitrogens with one attached hydrogen (secondary N) is 1. The number of aromatic nitrogens is 4. The molecule has 6 nitrogen and oxygen atoms in total. The zero-order chi connectivity index (χ0) is 12.3. The molecule has 0 aliphatic rings. The second-order valence-corrected chi connectivity index (χ2v) is 4.70. The fourth-order valence-electron chi connectivity index (χ4n) is 1.61. The Bertz CT molecular complexity index is 489. The van der Waals surface area contributed by atoms with Gasteiger partial charge in [0.1, 0.15) is 5.01 Å². The first-order valence-corrected chi connectivity index (χ1v) is 6.43. The van der Waals surface area contributed by atoms with Crippen LogP contribution in [0.25, 0.3) is 0 Å². The van der Waals surface area contributed by atoms with Crippen molar-refractivity contribution in [3.8, 4) is 0 Å². The van der Waals surface area contributed by atoms with Gasteiger partial charge in [-0.1, -0.05) is 25.2 Å². The maximum absolute atomic E-state index is 5.27. The number of rotatable bonds is 5. The van der Waals surface area contributed by atoms with Gasteiger partial charge in [0.2, 0.25) is 5.13 Å². The fraction of sp³-hybridized carbons (Fsp3) is 0.500. The summed E-state index contributed by atoms with van der Waals surface area (Å²) in [6.45, 7) is 4.88. The topological polar surface area (TPSA) is 81.7 Å². The molecule has 0 aliphatic heterocycles. The number of nitrogens with zero attached hydrogens (tertiary/aromatic N) is 4. The second kappa shape index (κ2) is 5.24. The quantitative estimate of drug-likeness (QED) is 0.617. The predicted octanol–water partition coefficient (Wildman–Crippen LogP) is 1.19. The number of nitrogens with two attached hydrogens (primary N) is 1. The van der Waals surface area contributed by atoms with E-state index in [0.717, 1.165) is 23.5 Å². The average Bonchev–Trinajstić information content (AvgIpc) is 2.95. The van der Waals surface area contributed by atoms with E-state index in [1.807, 2.05) is 4.68 Å². The van der Waals surface area contributed by atoms with Crippen LogP contribution < -0.4 is 11.3 Å². The van der Waals surface area contributed by atoms with Gasteiger partial charge in [-0.15, -0.1) is 10.2 Å². The van der Waals surface area contributed by atoms with Gasteiger partial charge in [-0.05, 0) is 18.9 Å². The van der Waals surface area contributed by atoms with Gasteiger partial charge in [0.05, 0.1) is 12.2 Å². The molecule has 2 heterocycles. The van der Waals surface area contributed by atoms with Crippen molar-refractivity contribution < 1.29 is 0 Å². The molecule has 0 bridgehead atoms. The molecule has 0 radical (unpaired) electrons. The Balaban J connectivity index is 2.19. The van der Waals surface area contributed by atoms with Crippen LogP contribution in [0, 0.1) is 0 Å². The Hall–Kier alpha value is -1.47. The molecule has 0 saturated carbocycles. The van der Waals surface area contributed by atoms with Crippen molar-refractivity contribution >= 4 is 16.5 Å². The number of anilines is 1. The second-order valence-electron chi connectivity index (χ2n) is 3.64. The molecular formula is C10H16N6S. The predicted molar refractivity (Wildman–Crippen MR) is 67.8 cm³/mol. The summed E-state index contributed by atoms with van der Waals surface area (Å²) >= 11 is 1.44. The fourth-order valence-corrected chi connectivity index (χ4v) is 2.25. The van der Waals surface area contributed by atoms with E-state index in [9.17, 15) is 0 Å². The maximum atomic E-state index is 5.27. The third kappa shape index (κ3) is 2.62. The maximum Gasteiger partial charge on any atom is 0.219 e. The lowest BCUT2D eigenvalue weighted by Gasteiger charge is -2.01. The summed E-state index contributed by atoms with van der Waals surface area (Å²) in [5.41, 5.74) is 4.83. The minimum atomic E-state index is 0.626. The van der Waals surface area contributed by atoms with Crippen LogP contribution in [0.2, 0.25) is 0 Å². The highest BCUT2D eigenvalue weighted by atomic mass is 32.1. The van der Waals surface area contributed by atoms with E-state index < -0.39 is 0 Å². The van der Waals surface area contributed by atoms with E-state index in [4.69, 9.17) is 5.84 Å². The van der Waals surface area contributed by atoms with Gasteiger partial charge in [0.15, 0.2) is 0 Å². The van der Waals surface area contributed by atoms with Crippen LogP contribution in [-0.4, -0.2) is 20.0 Å². The van der Waals surface area contributed by atoms with Crippen LogP contribution in [0.1, 0.15) is 30.2 Å². The van der Waals surface area contributed by atoms with Crippen LogP contribution >= 0.6 is 11.3 Å². The number of aryl methyl sites for hydroxylation is 2. The van der Waals surface area contributed by atoms with Crippen LogP contribution in [0.3, 0.4) is 0 Å². The number of nitrogen functional groups attached to an aromatic ring is 1. The molecule has 0 fully saturated rings. The molecule has 0 amide bonds. The van der Waals surface area contributed by atoms with Gasteiger partial charge in [-0.25, -0.2) is 5.84 Å². The highest BCUT2D eigenvalue weighted by Crippen LogP contribution is 2.16. The summed E-state index contributed by atoms with van der Waals surface area (Å²) in [7, 11) is 0. The van der Waals surface area contributed by atoms with Crippen molar-refractivity contribution in [3.63, 3.8) is 0 Å². The van der Waals surface area contributed by atoms with Gasteiger partial charge in [-0.2, -0.15) is 5.10 Å². The first kappa shape index (κ1) is 12.0. The van der Waals surface area contributed by atoms with Crippen LogP contribution in [-0.2, 0) is 19.4 Å². The Morgan fingerprint density at radius 3 is 2.76 bits per heavy atom. The first-order valence-electron chi connectivity index (χ1n) is 5.61. The van der Waals surface area contributed by atoms with Crippen molar-refractivity contribution in [2.45, 2.75) is 33.2 Å². The first-order chi connectivity index (χ1) is 8.26. The van der Waals surface area contributed by atoms with Crippen molar-refractivity contribution in [1.29, 1.82) is 0 Å². The Kier molecular flexibility index (Phi) is 3.70. The summed E-state index contributed by atoms with van der Waals surface area (Å²) < 4.78 is 1.99. The average molecular weight is 252 g/mol. The van der Waals surface area contributed by atoms with Gasteiger partial charge in [-0.3, -0.25) is 10.1 Å². The lowest BCUT2D eigenvalue weighted by Crippen LogP contribution is -2.05. The zero-order valence-electron chi connectivity index (χ0n) is 9.97. The molecule has 0 atom stereocenters. The number of hydrogen-bond donors (Lipinski definition) is 2. The van der Waals surface area contributed by atoms with Gasteiger partial charge in [0.25, 0.3) is 0 Å². The molecule has 0 aromatic carbocycles. The van der Waals surface area contributed by atoms with E-state index in [2.05, 4.69) is 40.6 Å². The number of hydrazine groups is 1. The Labute approximate surface area is 104 Å². The van der Waals surface area contributed by atoms with Gasteiger partial charge < -0.3 is 0 Å². The Morgan fingerprint density at radius 1 is 1.35 bits per heavy atom. The van der Waals surface area contributed by atoms with E-state index >= 15 is 0 Å². The highest BCUT2D eigenvalue weighted by molar-refractivity contribution is 7.15. The minimum absolute atomic E-state index is 0.626. The summed E-state index contributed by atoms with van der Waals surface area (Å²) in [6, 6.07) is 2.14. The summed E-state index contributed by atoms with van der Waals surface area (Å²) in [4.78, 5) is 0. The zero-order valence-corrected chi connectivity index (χ0v) is 10.8. The van der Waals surface area contributed by atoms with Crippen molar-refractivity contribution in [2.75, 3.05) is 5.43 Å². The van der Waals surface area contributed by atoms with Gasteiger partial charge >= 0.3 is 0 Å². The smallest absolute Gasteiger partial charge is 0.219 e. The van der Waals surface area contributed by atoms with Crippen molar-refractivity contribution in [3.05, 3.63) is 22.5 Å². The summed E-state index contributed by atoms with van der Waals surface area (Å²) in [5, 5.41) is 14.0. The summed E-state index contributed by atoms with van der Waals surface area (Å²) in [5.74, 6) is 5.27. The van der Waals surface area contributed by atoms with Gasteiger partial charge in [0, 0.05) is 5.69 Å². The van der Waals surface area contributed by atoms with Crippen LogP contribution in [0.15, 0.2) is 6.07 Å². The molecule has 2 rings (SSSR count). The highest BCUT2D eigenvalue weighted by Gasteiger charge is 2.09. The van der Waals surface area contributed by atoms with E-state index in [-0.39, 0.29) is 0 Å². The molecule has 7 heteroatoms. The van der Waals surface area contributed by atoms with Crippen LogP contribution in [0.5, 0.6) is 0 Å². The third-order valence-electron chi connectivity index (χ3n) is 2.51. The molecule has 3 N–H and O–H groups in total. The standard InChI is InChI=1S/C10H16N6S/c1-3-7-5-8(4-2)16(15-7)6-9-13-14-10(12-11)17-9/h5H,3-4,6,11H2,1-2H3,(H,12,14). The lowest BCUT2D eigenvalue weighted by atomic mass is 10.3. The molecule has 2 aromatic heterocycles. The lowest BCUT2D eigenvalue weighted by molar-refractivity contribution is 0.634. The molecule has 92 valence electrons. The van der Waals surface area contributed by atoms with E-state index in [0.29, 0.717) is 11.7 Å². The van der Waals surface area contributed by atoms with Crippen molar-refractivity contribution in [1.82, 2.24) is 20.0 Å². The van der Waals surface area contributed by atoms with Crippen molar-refractivity contribution in [2.24, 2.45) is 5.84 Å². The molecule has 0 unspecified atom stereocenters. The molecule has 17 heavy (non-hydrogen) atoms. The minimum Gasteiger partial charge on any atom is -0.298 e. The largest absolute Gasteiger partial charge is 0.298 e. The Morgan fingerprint density at radius 2 is 2.18 bits per heavy atom. The SMILES string of the molecule is CCc1cc(CC)n(Cc2nnc(NN)s2)n1. The van der Waals surface area contributed by atoms with Crippen LogP contribution in [0.4, 0.5) is 5.13 Å².